The molecule has 0 aliphatic carbocycles. The number of hydrogen-bond donors (Lipinski definition) is 1. The molecule has 0 aliphatic heterocycles. The summed E-state index contributed by atoms with van der Waals surface area (Å²) in [7, 11) is 0. The number of nitrogens with one attached hydrogen (secondary N) is 1. The maximum atomic E-state index is 4.63. The smallest absolute Gasteiger partial charge is 0.254 e. The van der Waals surface area contributed by atoms with Crippen LogP contribution in [0.2, 0.25) is 0 Å². The zero-order valence-corrected chi connectivity index (χ0v) is 14.2. The minimum atomic E-state index is 0.610. The van der Waals surface area contributed by atoms with Gasteiger partial charge in [0.2, 0.25) is 0 Å². The molecular weight excluding hydrogens is 314 g/mol. The van der Waals surface area contributed by atoms with Crippen LogP contribution in [0.4, 0.5) is 5.82 Å². The molecule has 3 heterocycles. The maximum Gasteiger partial charge on any atom is 0.254 e. The summed E-state index contributed by atoms with van der Waals surface area (Å²) in [6.07, 6.45) is 4.33. The van der Waals surface area contributed by atoms with Gasteiger partial charge in [-0.05, 0) is 32.0 Å². The highest BCUT2D eigenvalue weighted by atomic mass is 15.4. The van der Waals surface area contributed by atoms with Crippen molar-refractivity contribution in [1.82, 2.24) is 29.4 Å². The molecule has 4 aromatic rings. The van der Waals surface area contributed by atoms with E-state index in [0.29, 0.717) is 5.78 Å². The Labute approximate surface area is 145 Å². The quantitative estimate of drug-likeness (QED) is 0.608. The Morgan fingerprint density at radius 2 is 1.92 bits per heavy atom. The molecule has 0 bridgehead atoms. The number of aromatic nitrogens is 6. The Hall–Kier alpha value is -3.22. The summed E-state index contributed by atoms with van der Waals surface area (Å²) >= 11 is 0. The van der Waals surface area contributed by atoms with Gasteiger partial charge in [-0.2, -0.15) is 19.7 Å². The third-order valence-corrected chi connectivity index (χ3v) is 4.25. The number of aryl methyl sites for hydroxylation is 1. The third-order valence-electron chi connectivity index (χ3n) is 4.25. The summed E-state index contributed by atoms with van der Waals surface area (Å²) in [4.78, 5) is 8.60. The van der Waals surface area contributed by atoms with Crippen molar-refractivity contribution >= 4 is 11.6 Å². The van der Waals surface area contributed by atoms with Gasteiger partial charge >= 0.3 is 0 Å². The highest BCUT2D eigenvalue weighted by Crippen LogP contribution is 2.17. The van der Waals surface area contributed by atoms with E-state index in [9.17, 15) is 0 Å². The number of nitrogens with zero attached hydrogens (tertiary/aromatic N) is 6. The molecule has 25 heavy (non-hydrogen) atoms. The molecule has 1 aromatic carbocycles. The van der Waals surface area contributed by atoms with E-state index in [0.717, 1.165) is 41.4 Å². The predicted molar refractivity (Wildman–Crippen MR) is 96.0 cm³/mol. The van der Waals surface area contributed by atoms with Crippen LogP contribution in [-0.2, 0) is 6.42 Å². The highest BCUT2D eigenvalue weighted by Gasteiger charge is 2.10. The third kappa shape index (κ3) is 2.96. The van der Waals surface area contributed by atoms with Crippen molar-refractivity contribution in [3.05, 3.63) is 65.9 Å². The van der Waals surface area contributed by atoms with Crippen molar-refractivity contribution in [1.29, 1.82) is 0 Å². The molecule has 0 aliphatic rings. The van der Waals surface area contributed by atoms with Gasteiger partial charge < -0.3 is 5.32 Å². The lowest BCUT2D eigenvalue weighted by Crippen LogP contribution is -2.13. The fraction of sp³-hybridized carbons (Fsp3) is 0.222. The van der Waals surface area contributed by atoms with E-state index >= 15 is 0 Å². The van der Waals surface area contributed by atoms with Crippen molar-refractivity contribution in [3.63, 3.8) is 0 Å². The molecule has 0 saturated carbocycles. The normalized spacial score (nSPS) is 11.1. The van der Waals surface area contributed by atoms with E-state index in [1.807, 2.05) is 61.1 Å². The second-order valence-electron chi connectivity index (χ2n) is 5.91. The minimum absolute atomic E-state index is 0.610. The molecule has 126 valence electrons. The van der Waals surface area contributed by atoms with Crippen LogP contribution < -0.4 is 5.32 Å². The molecule has 3 aromatic heterocycles. The summed E-state index contributed by atoms with van der Waals surface area (Å²) in [5, 5.41) is 12.3. The number of hydrogen-bond acceptors (Lipinski definition) is 5. The topological polar surface area (TPSA) is 72.9 Å². The van der Waals surface area contributed by atoms with E-state index in [1.54, 1.807) is 4.52 Å². The standard InChI is InChI=1S/C18H19N7/c1-13-14(2)22-18-20-12-21-25(18)17(13)19-10-8-15-9-11-24(23-15)16-6-4-3-5-7-16/h3-7,9,11-12,19H,8,10H2,1-2H3. The molecule has 7 nitrogen and oxygen atoms in total. The Bertz CT molecular complexity index is 1000. The molecule has 0 unspecified atom stereocenters. The largest absolute Gasteiger partial charge is 0.369 e. The fourth-order valence-corrected chi connectivity index (χ4v) is 2.77. The average molecular weight is 333 g/mol. The molecular formula is C18H19N7. The monoisotopic (exact) mass is 333 g/mol. The van der Waals surface area contributed by atoms with Gasteiger partial charge in [-0.1, -0.05) is 18.2 Å². The van der Waals surface area contributed by atoms with Crippen molar-refractivity contribution < 1.29 is 0 Å². The molecule has 0 radical (unpaired) electrons. The van der Waals surface area contributed by atoms with Crippen molar-refractivity contribution in [2.75, 3.05) is 11.9 Å². The highest BCUT2D eigenvalue weighted by molar-refractivity contribution is 5.51. The first-order valence-electron chi connectivity index (χ1n) is 8.23. The van der Waals surface area contributed by atoms with Gasteiger partial charge in [-0.3, -0.25) is 0 Å². The van der Waals surface area contributed by atoms with Crippen molar-refractivity contribution in [2.24, 2.45) is 0 Å². The van der Waals surface area contributed by atoms with Crippen LogP contribution >= 0.6 is 0 Å². The SMILES string of the molecule is Cc1nc2ncnn2c(NCCc2ccn(-c3ccccc3)n2)c1C. The Kier molecular flexibility index (Phi) is 3.89. The number of fused-ring (bicyclic) bond motifs is 1. The first-order valence-corrected chi connectivity index (χ1v) is 8.23. The number of anilines is 1. The Morgan fingerprint density at radius 3 is 2.76 bits per heavy atom. The van der Waals surface area contributed by atoms with E-state index < -0.39 is 0 Å². The van der Waals surface area contributed by atoms with Gasteiger partial charge in [0, 0.05) is 30.4 Å². The fourth-order valence-electron chi connectivity index (χ4n) is 2.77. The Balaban J connectivity index is 1.48. The second-order valence-corrected chi connectivity index (χ2v) is 5.91. The summed E-state index contributed by atoms with van der Waals surface area (Å²) in [5.41, 5.74) is 4.13. The van der Waals surface area contributed by atoms with Crippen LogP contribution in [0.3, 0.4) is 0 Å². The van der Waals surface area contributed by atoms with Crippen molar-refractivity contribution in [3.8, 4) is 5.69 Å². The van der Waals surface area contributed by atoms with E-state index in [-0.39, 0.29) is 0 Å². The molecule has 0 amide bonds. The summed E-state index contributed by atoms with van der Waals surface area (Å²) < 4.78 is 3.64. The molecule has 0 fully saturated rings. The van der Waals surface area contributed by atoms with Gasteiger partial charge in [0.25, 0.3) is 5.78 Å². The second kappa shape index (κ2) is 6.35. The number of rotatable bonds is 5. The zero-order chi connectivity index (χ0) is 17.2. The van der Waals surface area contributed by atoms with Gasteiger partial charge in [0.1, 0.15) is 12.1 Å². The van der Waals surface area contributed by atoms with Crippen LogP contribution in [0.15, 0.2) is 48.9 Å². The summed E-state index contributed by atoms with van der Waals surface area (Å²) in [6.45, 7) is 4.78. The molecule has 0 spiro atoms. The summed E-state index contributed by atoms with van der Waals surface area (Å²) in [6, 6.07) is 12.2. The number of benzene rings is 1. The predicted octanol–water partition coefficient (Wildman–Crippen LogP) is 2.58. The molecule has 0 saturated heterocycles. The van der Waals surface area contributed by atoms with E-state index in [1.165, 1.54) is 6.33 Å². The van der Waals surface area contributed by atoms with Crippen LogP contribution in [0, 0.1) is 13.8 Å². The molecule has 0 atom stereocenters. The van der Waals surface area contributed by atoms with Gasteiger partial charge in [-0.25, -0.2) is 9.67 Å². The van der Waals surface area contributed by atoms with E-state index in [2.05, 4.69) is 25.5 Å². The minimum Gasteiger partial charge on any atom is -0.369 e. The van der Waals surface area contributed by atoms with Crippen molar-refractivity contribution in [2.45, 2.75) is 20.3 Å². The lowest BCUT2D eigenvalue weighted by molar-refractivity contribution is 0.824. The van der Waals surface area contributed by atoms with Gasteiger partial charge in [0.05, 0.1) is 11.4 Å². The van der Waals surface area contributed by atoms with Crippen LogP contribution in [0.5, 0.6) is 0 Å². The van der Waals surface area contributed by atoms with Crippen LogP contribution in [0.25, 0.3) is 11.5 Å². The Morgan fingerprint density at radius 1 is 1.08 bits per heavy atom. The first kappa shape index (κ1) is 15.3. The van der Waals surface area contributed by atoms with Gasteiger partial charge in [0.15, 0.2) is 0 Å². The lowest BCUT2D eigenvalue weighted by atomic mass is 10.2. The maximum absolute atomic E-state index is 4.63. The first-order chi connectivity index (χ1) is 12.2. The zero-order valence-electron chi connectivity index (χ0n) is 14.2. The van der Waals surface area contributed by atoms with Crippen LogP contribution in [0.1, 0.15) is 17.0 Å². The summed E-state index contributed by atoms with van der Waals surface area (Å²) in [5.74, 6) is 1.54. The molecule has 7 heteroatoms. The average Bonchev–Trinajstić information content (AvgIpc) is 3.28. The van der Waals surface area contributed by atoms with E-state index in [4.69, 9.17) is 0 Å². The number of para-hydroxylation sites is 1. The molecule has 4 rings (SSSR count). The lowest BCUT2D eigenvalue weighted by Gasteiger charge is -2.11. The van der Waals surface area contributed by atoms with Crippen LogP contribution in [-0.4, -0.2) is 35.9 Å². The van der Waals surface area contributed by atoms with Gasteiger partial charge in [-0.15, -0.1) is 0 Å². The molecule has 1 N–H and O–H groups in total.